The van der Waals surface area contributed by atoms with E-state index in [1.165, 1.54) is 24.3 Å². The second kappa shape index (κ2) is 20.0. The molecule has 4 heterocycles. The number of carbonyl (C=O) groups excluding carboxylic acids is 2. The Morgan fingerprint density at radius 2 is 1.35 bits per heavy atom. The van der Waals surface area contributed by atoms with Gasteiger partial charge in [-0.05, 0) is 122 Å². The van der Waals surface area contributed by atoms with Gasteiger partial charge in [-0.15, -0.1) is 0 Å². The number of amides is 2. The van der Waals surface area contributed by atoms with Gasteiger partial charge in [-0.3, -0.25) is 14.4 Å². The van der Waals surface area contributed by atoms with E-state index in [0.29, 0.717) is 75.2 Å². The highest BCUT2D eigenvalue weighted by Crippen LogP contribution is 2.44. The van der Waals surface area contributed by atoms with E-state index in [4.69, 9.17) is 26.2 Å². The number of anilines is 2. The Morgan fingerprint density at radius 1 is 0.877 bits per heavy atom. The van der Waals surface area contributed by atoms with E-state index >= 15 is 8.78 Å². The van der Waals surface area contributed by atoms with E-state index in [0.717, 1.165) is 45.1 Å². The predicted octanol–water partition coefficient (Wildman–Crippen LogP) is 6.96. The number of rotatable bonds is 10. The molecule has 2 saturated carbocycles. The Labute approximate surface area is 385 Å². The molecule has 15 nitrogen and oxygen atoms in total. The number of alkyl carbamates (subject to hydrolysis) is 1. The monoisotopic (exact) mass is 966 g/mol. The fraction of sp³-hybridized carbons (Fsp3) is 0.553. The molecule has 2 aliphatic carbocycles. The number of benzene rings is 2. The molecule has 4 fully saturated rings. The number of nitrogens with one attached hydrogen (secondary N) is 1. The van der Waals surface area contributed by atoms with Crippen LogP contribution >= 0.6 is 15.9 Å². The minimum atomic E-state index is -0.655. The van der Waals surface area contributed by atoms with Crippen LogP contribution in [0.1, 0.15) is 96.4 Å². The highest BCUT2D eigenvalue weighted by molar-refractivity contribution is 9.09. The number of hydrogen-bond acceptors (Lipinski definition) is 11. The van der Waals surface area contributed by atoms with Crippen molar-refractivity contribution in [1.82, 2.24) is 14.5 Å². The summed E-state index contributed by atoms with van der Waals surface area (Å²) in [5.41, 5.74) is 13.8. The van der Waals surface area contributed by atoms with Gasteiger partial charge >= 0.3 is 6.09 Å². The SMILES string of the molecule is Cc1c(N2CC[C@@H]([C@H](C)N)C2)c(F)cc2c(OCC(N)=O)cc(=O)n(C3CC3)c12.Cc1c(N2CC[C@@H]([C@H](C)NC(=O)OC(C)(C)C)C2)c(F)cc2c(O)cc(=O)n(C3CC3)c12.N#CCBr. The standard InChI is InChI=1S/C24H32FN3O4.C21H27FN4O3.C2H2BrN/c1-13-21-17(19(29)11-20(30)28(21)16-6-7-16)10-18(25)22(13)27-9-8-15(12-27)14(2)26-23(31)32-24(3,4)5;1-11-20-15(7-16(22)21(11)25-6-5-13(9-25)12(2)23)17(29-10-18(24)27)8-19(28)26(20)14-3-4-14;3-1-2-4/h10-11,14-16,29H,6-9,12H2,1-5H3,(H,26,31);7-8,12-14H,3-6,9-10,23H2,1-2H3,(H2,24,27);1H2/t14-,15+;12-,13+;/m00./s1. The summed E-state index contributed by atoms with van der Waals surface area (Å²) >= 11 is 2.89. The van der Waals surface area contributed by atoms with Crippen molar-refractivity contribution >= 4 is 61.1 Å². The van der Waals surface area contributed by atoms with E-state index in [9.17, 15) is 24.3 Å². The maximum atomic E-state index is 15.3. The van der Waals surface area contributed by atoms with Crippen molar-refractivity contribution in [3.63, 3.8) is 0 Å². The van der Waals surface area contributed by atoms with Gasteiger partial charge in [0.15, 0.2) is 6.61 Å². The Morgan fingerprint density at radius 3 is 1.82 bits per heavy atom. The predicted molar refractivity (Wildman–Crippen MR) is 251 cm³/mol. The molecule has 0 radical (unpaired) electrons. The van der Waals surface area contributed by atoms with Crippen LogP contribution in [-0.2, 0) is 9.53 Å². The summed E-state index contributed by atoms with van der Waals surface area (Å²) in [5.74, 6) is -1.01. The fourth-order valence-corrected chi connectivity index (χ4v) is 9.13. The lowest BCUT2D eigenvalue weighted by Gasteiger charge is -2.26. The third kappa shape index (κ3) is 11.2. The number of nitrogens with two attached hydrogens (primary N) is 2. The molecule has 2 aromatic carbocycles. The number of ether oxygens (including phenoxy) is 2. The zero-order valence-corrected chi connectivity index (χ0v) is 39.8. The smallest absolute Gasteiger partial charge is 0.407 e. The summed E-state index contributed by atoms with van der Waals surface area (Å²) in [4.78, 5) is 52.7. The first kappa shape index (κ1) is 49.0. The van der Waals surface area contributed by atoms with Crippen LogP contribution in [0.3, 0.4) is 0 Å². The zero-order valence-electron chi connectivity index (χ0n) is 38.2. The fourth-order valence-electron chi connectivity index (χ4n) is 9.13. The number of nitriles is 1. The number of primary amides is 1. The van der Waals surface area contributed by atoms with Gasteiger partial charge in [0.05, 0.1) is 33.8 Å². The number of hydrogen-bond donors (Lipinski definition) is 4. The molecule has 8 rings (SSSR count). The second-order valence-electron chi connectivity index (χ2n) is 18.7. The van der Waals surface area contributed by atoms with Crippen molar-refractivity contribution in [2.45, 2.75) is 117 Å². The molecule has 2 aromatic heterocycles. The lowest BCUT2D eigenvalue weighted by atomic mass is 10.0. The molecule has 6 N–H and O–H groups in total. The number of carbonyl (C=O) groups is 2. The minimum absolute atomic E-state index is 0.0438. The van der Waals surface area contributed by atoms with Gasteiger partial charge in [0, 0.05) is 73.3 Å². The largest absolute Gasteiger partial charge is 0.507 e. The third-order valence-electron chi connectivity index (χ3n) is 12.5. The number of aromatic nitrogens is 2. The molecule has 4 aromatic rings. The number of alkyl halides is 1. The average molecular weight is 968 g/mol. The van der Waals surface area contributed by atoms with Gasteiger partial charge in [0.1, 0.15) is 28.7 Å². The zero-order chi connectivity index (χ0) is 47.7. The van der Waals surface area contributed by atoms with Crippen LogP contribution in [-0.4, -0.2) is 82.0 Å². The molecule has 2 saturated heterocycles. The number of aryl methyl sites for hydroxylation is 2. The van der Waals surface area contributed by atoms with Gasteiger partial charge in [0.2, 0.25) is 0 Å². The van der Waals surface area contributed by atoms with Gasteiger partial charge < -0.3 is 50.3 Å². The number of pyridine rings is 2. The molecule has 0 unspecified atom stereocenters. The lowest BCUT2D eigenvalue weighted by Crippen LogP contribution is -2.42. The maximum Gasteiger partial charge on any atom is 0.407 e. The molecule has 2 amide bonds. The first-order valence-electron chi connectivity index (χ1n) is 22.2. The summed E-state index contributed by atoms with van der Waals surface area (Å²) < 4.78 is 44.8. The van der Waals surface area contributed by atoms with Crippen molar-refractivity contribution in [2.24, 2.45) is 23.3 Å². The summed E-state index contributed by atoms with van der Waals surface area (Å²) in [5, 5.41) is 22.1. The molecule has 4 atom stereocenters. The molecule has 0 bridgehead atoms. The molecule has 4 aliphatic rings. The van der Waals surface area contributed by atoms with Gasteiger partial charge in [-0.2, -0.15) is 5.26 Å². The maximum absolute atomic E-state index is 15.3. The van der Waals surface area contributed by atoms with Gasteiger partial charge in [-0.25, -0.2) is 13.6 Å². The van der Waals surface area contributed by atoms with Crippen molar-refractivity contribution in [3.05, 3.63) is 67.7 Å². The van der Waals surface area contributed by atoms with Crippen molar-refractivity contribution in [2.75, 3.05) is 47.9 Å². The summed E-state index contributed by atoms with van der Waals surface area (Å²) in [6.07, 6.45) is 4.89. The van der Waals surface area contributed by atoms with Crippen LogP contribution in [0.5, 0.6) is 11.5 Å². The van der Waals surface area contributed by atoms with Crippen molar-refractivity contribution in [1.29, 1.82) is 5.26 Å². The highest BCUT2D eigenvalue weighted by atomic mass is 79.9. The Kier molecular flexibility index (Phi) is 15.1. The molecular weight excluding hydrogens is 906 g/mol. The molecule has 0 spiro atoms. The molecule has 352 valence electrons. The van der Waals surface area contributed by atoms with Crippen LogP contribution in [0.25, 0.3) is 21.8 Å². The van der Waals surface area contributed by atoms with Crippen LogP contribution in [0.15, 0.2) is 33.9 Å². The highest BCUT2D eigenvalue weighted by Gasteiger charge is 2.35. The summed E-state index contributed by atoms with van der Waals surface area (Å²) in [6, 6.07) is 7.22. The van der Waals surface area contributed by atoms with Crippen molar-refractivity contribution < 1.29 is 33.0 Å². The average Bonchev–Trinajstić information content (AvgIpc) is 4.14. The quantitative estimate of drug-likeness (QED) is 0.119. The number of fused-ring (bicyclic) bond motifs is 2. The van der Waals surface area contributed by atoms with Gasteiger partial charge in [0.25, 0.3) is 17.0 Å². The van der Waals surface area contributed by atoms with Crippen LogP contribution in [0, 0.1) is 48.6 Å². The number of nitrogens with zero attached hydrogens (tertiary/aromatic N) is 5. The van der Waals surface area contributed by atoms with E-state index < -0.39 is 23.4 Å². The topological polar surface area (TPSA) is 211 Å². The molecule has 65 heavy (non-hydrogen) atoms. The van der Waals surface area contributed by atoms with E-state index in [2.05, 4.69) is 21.2 Å². The van der Waals surface area contributed by atoms with E-state index in [1.54, 1.807) is 9.13 Å². The molecule has 2 aliphatic heterocycles. The Bertz CT molecular complexity index is 2610. The first-order valence-corrected chi connectivity index (χ1v) is 23.3. The summed E-state index contributed by atoms with van der Waals surface area (Å²) in [6.45, 7) is 15.3. The first-order chi connectivity index (χ1) is 30.6. The Balaban J connectivity index is 0.000000200. The van der Waals surface area contributed by atoms with E-state index in [1.807, 2.05) is 64.3 Å². The minimum Gasteiger partial charge on any atom is -0.507 e. The van der Waals surface area contributed by atoms with Crippen LogP contribution in [0.4, 0.5) is 25.0 Å². The van der Waals surface area contributed by atoms with Crippen molar-refractivity contribution in [3.8, 4) is 17.6 Å². The third-order valence-corrected chi connectivity index (χ3v) is 12.7. The van der Waals surface area contributed by atoms with Crippen LogP contribution in [0.2, 0.25) is 0 Å². The second-order valence-corrected chi connectivity index (χ2v) is 19.3. The van der Waals surface area contributed by atoms with Crippen LogP contribution < -0.4 is 42.4 Å². The molecular formula is C47H61BrF2N8O7. The summed E-state index contributed by atoms with van der Waals surface area (Å²) in [7, 11) is 0. The molecule has 18 heteroatoms. The van der Waals surface area contributed by atoms with Gasteiger partial charge in [-0.1, -0.05) is 15.9 Å². The number of aromatic hydroxyl groups is 1. The number of halogens is 3. The normalized spacial score (nSPS) is 19.2. The van der Waals surface area contributed by atoms with E-state index in [-0.39, 0.29) is 65.1 Å². The lowest BCUT2D eigenvalue weighted by molar-refractivity contribution is -0.119. The Hall–Kier alpha value is -5.41.